The summed E-state index contributed by atoms with van der Waals surface area (Å²) in [6.07, 6.45) is 5.58. The van der Waals surface area contributed by atoms with Gasteiger partial charge in [0.25, 0.3) is 0 Å². The maximum atomic E-state index is 3.81. The van der Waals surface area contributed by atoms with Crippen LogP contribution >= 0.6 is 11.3 Å². The van der Waals surface area contributed by atoms with Gasteiger partial charge in [0, 0.05) is 34.9 Å². The average Bonchev–Trinajstić information content (AvgIpc) is 2.92. The summed E-state index contributed by atoms with van der Waals surface area (Å²) in [6, 6.07) is 3.90. The van der Waals surface area contributed by atoms with E-state index in [0.717, 1.165) is 18.6 Å². The Labute approximate surface area is 114 Å². The monoisotopic (exact) mass is 264 g/mol. The molecule has 3 heteroatoms. The summed E-state index contributed by atoms with van der Waals surface area (Å²) < 4.78 is 0. The van der Waals surface area contributed by atoms with Crippen LogP contribution < -0.4 is 5.32 Å². The molecular formula is C15H24N2S. The fourth-order valence-corrected chi connectivity index (χ4v) is 4.46. The lowest BCUT2D eigenvalue weighted by atomic mass is 9.99. The van der Waals surface area contributed by atoms with Gasteiger partial charge < -0.3 is 5.32 Å². The SMILES string of the molecule is Cc1cc(CNC2CCN3CCCCC23)sc1C. The minimum absolute atomic E-state index is 0.730. The van der Waals surface area contributed by atoms with E-state index in [-0.39, 0.29) is 0 Å². The molecule has 2 fully saturated rings. The molecular weight excluding hydrogens is 240 g/mol. The van der Waals surface area contributed by atoms with Crippen LogP contribution in [0.5, 0.6) is 0 Å². The first-order chi connectivity index (χ1) is 8.74. The molecule has 2 atom stereocenters. The smallest absolute Gasteiger partial charge is 0.0303 e. The molecule has 18 heavy (non-hydrogen) atoms. The Bertz CT molecular complexity index is 393. The number of aryl methyl sites for hydroxylation is 2. The summed E-state index contributed by atoms with van der Waals surface area (Å²) in [5.41, 5.74) is 1.45. The highest BCUT2D eigenvalue weighted by Crippen LogP contribution is 2.28. The van der Waals surface area contributed by atoms with Crippen molar-refractivity contribution in [1.82, 2.24) is 10.2 Å². The summed E-state index contributed by atoms with van der Waals surface area (Å²) in [7, 11) is 0. The summed E-state index contributed by atoms with van der Waals surface area (Å²) in [4.78, 5) is 5.67. The van der Waals surface area contributed by atoms with Gasteiger partial charge in [-0.2, -0.15) is 0 Å². The lowest BCUT2D eigenvalue weighted by Crippen LogP contribution is -2.44. The third-order valence-corrected chi connectivity index (χ3v) is 5.76. The maximum absolute atomic E-state index is 3.81. The van der Waals surface area contributed by atoms with Gasteiger partial charge in [-0.15, -0.1) is 11.3 Å². The second kappa shape index (κ2) is 5.32. The molecule has 0 aromatic carbocycles. The Morgan fingerprint density at radius 1 is 1.28 bits per heavy atom. The fourth-order valence-electron chi connectivity index (χ4n) is 3.45. The van der Waals surface area contributed by atoms with Crippen LogP contribution in [0.1, 0.15) is 41.0 Å². The van der Waals surface area contributed by atoms with E-state index in [9.17, 15) is 0 Å². The molecule has 1 aromatic rings. The van der Waals surface area contributed by atoms with Crippen molar-refractivity contribution in [2.24, 2.45) is 0 Å². The normalized spacial score (nSPS) is 28.6. The van der Waals surface area contributed by atoms with E-state index in [2.05, 4.69) is 30.1 Å². The van der Waals surface area contributed by atoms with E-state index >= 15 is 0 Å². The van der Waals surface area contributed by atoms with E-state index in [1.807, 2.05) is 11.3 Å². The van der Waals surface area contributed by atoms with Crippen molar-refractivity contribution >= 4 is 11.3 Å². The molecule has 2 aliphatic rings. The Balaban J connectivity index is 1.57. The number of rotatable bonds is 3. The molecule has 0 amide bonds. The molecule has 2 nitrogen and oxygen atoms in total. The van der Waals surface area contributed by atoms with Crippen LogP contribution in [0.2, 0.25) is 0 Å². The maximum Gasteiger partial charge on any atom is 0.0303 e. The van der Waals surface area contributed by atoms with Crippen molar-refractivity contribution in [3.63, 3.8) is 0 Å². The zero-order valence-electron chi connectivity index (χ0n) is 11.5. The van der Waals surface area contributed by atoms with Crippen molar-refractivity contribution in [3.8, 4) is 0 Å². The first-order valence-electron chi connectivity index (χ1n) is 7.27. The number of hydrogen-bond acceptors (Lipinski definition) is 3. The second-order valence-electron chi connectivity index (χ2n) is 5.83. The number of nitrogens with one attached hydrogen (secondary N) is 1. The third-order valence-electron chi connectivity index (χ3n) is 4.61. The van der Waals surface area contributed by atoms with Crippen LogP contribution in [0.15, 0.2) is 6.07 Å². The topological polar surface area (TPSA) is 15.3 Å². The van der Waals surface area contributed by atoms with Crippen LogP contribution in [0.25, 0.3) is 0 Å². The minimum Gasteiger partial charge on any atom is -0.307 e. The predicted octanol–water partition coefficient (Wildman–Crippen LogP) is 3.08. The van der Waals surface area contributed by atoms with Crippen LogP contribution in [-0.4, -0.2) is 30.1 Å². The zero-order valence-corrected chi connectivity index (χ0v) is 12.4. The molecule has 0 spiro atoms. The number of hydrogen-bond donors (Lipinski definition) is 1. The van der Waals surface area contributed by atoms with E-state index in [0.29, 0.717) is 0 Å². The highest BCUT2D eigenvalue weighted by molar-refractivity contribution is 7.12. The molecule has 1 N–H and O–H groups in total. The molecule has 1 aromatic heterocycles. The van der Waals surface area contributed by atoms with Gasteiger partial charge in [-0.25, -0.2) is 0 Å². The van der Waals surface area contributed by atoms with Crippen molar-refractivity contribution < 1.29 is 0 Å². The quantitative estimate of drug-likeness (QED) is 0.902. The predicted molar refractivity (Wildman–Crippen MR) is 78.2 cm³/mol. The Morgan fingerprint density at radius 3 is 2.94 bits per heavy atom. The van der Waals surface area contributed by atoms with Crippen LogP contribution in [0.4, 0.5) is 0 Å². The molecule has 3 rings (SSSR count). The fraction of sp³-hybridized carbons (Fsp3) is 0.733. The summed E-state index contributed by atoms with van der Waals surface area (Å²) in [6.45, 7) is 8.15. The van der Waals surface area contributed by atoms with Crippen molar-refractivity contribution in [2.75, 3.05) is 13.1 Å². The lowest BCUT2D eigenvalue weighted by molar-refractivity contribution is 0.180. The number of piperidine rings is 1. The highest BCUT2D eigenvalue weighted by atomic mass is 32.1. The van der Waals surface area contributed by atoms with Crippen molar-refractivity contribution in [2.45, 2.75) is 58.2 Å². The Hall–Kier alpha value is -0.380. The second-order valence-corrected chi connectivity index (χ2v) is 7.17. The highest BCUT2D eigenvalue weighted by Gasteiger charge is 2.34. The van der Waals surface area contributed by atoms with Crippen molar-refractivity contribution in [1.29, 1.82) is 0 Å². The van der Waals surface area contributed by atoms with Crippen LogP contribution in [0, 0.1) is 13.8 Å². The number of nitrogens with zero attached hydrogens (tertiary/aromatic N) is 1. The first-order valence-corrected chi connectivity index (χ1v) is 8.09. The first kappa shape index (κ1) is 12.6. The number of fused-ring (bicyclic) bond motifs is 1. The van der Waals surface area contributed by atoms with Gasteiger partial charge in [0.2, 0.25) is 0 Å². The molecule has 2 saturated heterocycles. The molecule has 2 unspecified atom stereocenters. The lowest BCUT2D eigenvalue weighted by Gasteiger charge is -2.32. The molecule has 3 heterocycles. The standard InChI is InChI=1S/C15H24N2S/c1-11-9-13(18-12(11)2)10-16-14-6-8-17-7-4-3-5-15(14)17/h9,14-16H,3-8,10H2,1-2H3. The van der Waals surface area contributed by atoms with Gasteiger partial charge in [0.05, 0.1) is 0 Å². The van der Waals surface area contributed by atoms with Crippen LogP contribution in [0.3, 0.4) is 0 Å². The van der Waals surface area contributed by atoms with Gasteiger partial charge in [0.15, 0.2) is 0 Å². The average molecular weight is 264 g/mol. The van der Waals surface area contributed by atoms with Gasteiger partial charge >= 0.3 is 0 Å². The van der Waals surface area contributed by atoms with Gasteiger partial charge in [0.1, 0.15) is 0 Å². The van der Waals surface area contributed by atoms with Gasteiger partial charge in [-0.3, -0.25) is 4.90 Å². The van der Waals surface area contributed by atoms with Gasteiger partial charge in [-0.1, -0.05) is 6.42 Å². The third kappa shape index (κ3) is 2.49. The van der Waals surface area contributed by atoms with E-state index < -0.39 is 0 Å². The molecule has 0 aliphatic carbocycles. The number of thiophene rings is 1. The summed E-state index contributed by atoms with van der Waals surface area (Å²) in [5, 5.41) is 3.81. The largest absolute Gasteiger partial charge is 0.307 e. The molecule has 0 saturated carbocycles. The molecule has 0 bridgehead atoms. The minimum atomic E-state index is 0.730. The molecule has 0 radical (unpaired) electrons. The Morgan fingerprint density at radius 2 is 2.17 bits per heavy atom. The van der Waals surface area contributed by atoms with Gasteiger partial charge in [-0.05, 0) is 51.3 Å². The Kier molecular flexibility index (Phi) is 3.73. The molecule has 2 aliphatic heterocycles. The summed E-state index contributed by atoms with van der Waals surface area (Å²) >= 11 is 1.95. The van der Waals surface area contributed by atoms with Crippen LogP contribution in [-0.2, 0) is 6.54 Å². The summed E-state index contributed by atoms with van der Waals surface area (Å²) in [5.74, 6) is 0. The van der Waals surface area contributed by atoms with Crippen molar-refractivity contribution in [3.05, 3.63) is 21.4 Å². The van der Waals surface area contributed by atoms with E-state index in [4.69, 9.17) is 0 Å². The zero-order chi connectivity index (χ0) is 12.5. The van der Waals surface area contributed by atoms with E-state index in [1.165, 1.54) is 54.1 Å². The van der Waals surface area contributed by atoms with E-state index in [1.54, 1.807) is 0 Å². The molecule has 100 valence electrons.